The van der Waals surface area contributed by atoms with Gasteiger partial charge in [0, 0.05) is 31.8 Å². The third kappa shape index (κ3) is 4.48. The Morgan fingerprint density at radius 2 is 2.10 bits per heavy atom. The first-order valence-electron chi connectivity index (χ1n) is 7.35. The minimum absolute atomic E-state index is 0.0288. The summed E-state index contributed by atoms with van der Waals surface area (Å²) in [6.07, 6.45) is 2.66. The number of carbonyl (C=O) groups is 2. The SMILES string of the molecule is O=C(O)CCCC(=O)N1CCCC(c2cccc(O)c2)C1. The van der Waals surface area contributed by atoms with E-state index in [0.29, 0.717) is 19.4 Å². The first-order valence-corrected chi connectivity index (χ1v) is 7.35. The molecule has 2 N–H and O–H groups in total. The number of carboxylic acid groups (broad SMARTS) is 1. The third-order valence-corrected chi connectivity index (χ3v) is 3.90. The van der Waals surface area contributed by atoms with Crippen LogP contribution in [0, 0.1) is 0 Å². The summed E-state index contributed by atoms with van der Waals surface area (Å²) in [7, 11) is 0. The minimum Gasteiger partial charge on any atom is -0.508 e. The number of aromatic hydroxyl groups is 1. The highest BCUT2D eigenvalue weighted by Gasteiger charge is 2.24. The number of amides is 1. The molecule has 1 heterocycles. The van der Waals surface area contributed by atoms with Gasteiger partial charge in [0.1, 0.15) is 5.75 Å². The average molecular weight is 291 g/mol. The van der Waals surface area contributed by atoms with Crippen molar-refractivity contribution in [3.63, 3.8) is 0 Å². The number of hydrogen-bond acceptors (Lipinski definition) is 3. The van der Waals surface area contributed by atoms with Crippen LogP contribution in [0.1, 0.15) is 43.6 Å². The molecule has 2 rings (SSSR count). The molecular formula is C16H21NO4. The summed E-state index contributed by atoms with van der Waals surface area (Å²) in [5.41, 5.74) is 1.05. The van der Waals surface area contributed by atoms with Gasteiger partial charge < -0.3 is 15.1 Å². The lowest BCUT2D eigenvalue weighted by atomic mass is 9.90. The zero-order valence-electron chi connectivity index (χ0n) is 12.0. The number of phenols is 1. The van der Waals surface area contributed by atoms with E-state index >= 15 is 0 Å². The molecule has 1 aromatic carbocycles. The number of benzene rings is 1. The number of likely N-dealkylation sites (tertiary alicyclic amines) is 1. The van der Waals surface area contributed by atoms with Crippen LogP contribution in [-0.2, 0) is 9.59 Å². The summed E-state index contributed by atoms with van der Waals surface area (Å²) >= 11 is 0. The van der Waals surface area contributed by atoms with Gasteiger partial charge in [0.05, 0.1) is 0 Å². The number of piperidine rings is 1. The van der Waals surface area contributed by atoms with E-state index in [1.807, 2.05) is 17.0 Å². The van der Waals surface area contributed by atoms with Gasteiger partial charge in [-0.05, 0) is 37.0 Å². The Bertz CT molecular complexity index is 515. The van der Waals surface area contributed by atoms with Crippen LogP contribution < -0.4 is 0 Å². The van der Waals surface area contributed by atoms with Crippen molar-refractivity contribution >= 4 is 11.9 Å². The zero-order chi connectivity index (χ0) is 15.2. The third-order valence-electron chi connectivity index (χ3n) is 3.90. The van der Waals surface area contributed by atoms with Gasteiger partial charge in [-0.15, -0.1) is 0 Å². The van der Waals surface area contributed by atoms with Crippen molar-refractivity contribution in [1.82, 2.24) is 4.90 Å². The van der Waals surface area contributed by atoms with Crippen LogP contribution in [-0.4, -0.2) is 40.1 Å². The van der Waals surface area contributed by atoms with Gasteiger partial charge in [0.2, 0.25) is 5.91 Å². The summed E-state index contributed by atoms with van der Waals surface area (Å²) in [5.74, 6) is -0.341. The maximum absolute atomic E-state index is 12.1. The van der Waals surface area contributed by atoms with E-state index in [-0.39, 0.29) is 24.0 Å². The van der Waals surface area contributed by atoms with E-state index in [4.69, 9.17) is 5.11 Å². The van der Waals surface area contributed by atoms with Crippen molar-refractivity contribution in [3.05, 3.63) is 29.8 Å². The Hall–Kier alpha value is -2.04. The molecule has 21 heavy (non-hydrogen) atoms. The van der Waals surface area contributed by atoms with Gasteiger partial charge in [-0.1, -0.05) is 12.1 Å². The molecule has 0 bridgehead atoms. The number of aliphatic carboxylic acids is 1. The minimum atomic E-state index is -0.862. The first kappa shape index (κ1) is 15.4. The number of carbonyl (C=O) groups excluding carboxylic acids is 1. The molecule has 1 aliphatic rings. The van der Waals surface area contributed by atoms with Crippen LogP contribution in [0.4, 0.5) is 0 Å². The molecule has 1 aliphatic heterocycles. The summed E-state index contributed by atoms with van der Waals surface area (Å²) in [6.45, 7) is 1.39. The monoisotopic (exact) mass is 291 g/mol. The standard InChI is InChI=1S/C16H21NO4/c18-14-6-1-4-12(10-14)13-5-3-9-17(11-13)15(19)7-2-8-16(20)21/h1,4,6,10,13,18H,2-3,5,7-9,11H2,(H,20,21). The molecule has 0 aliphatic carbocycles. The second kappa shape index (κ2) is 7.11. The van der Waals surface area contributed by atoms with Crippen molar-refractivity contribution in [2.75, 3.05) is 13.1 Å². The number of carboxylic acids is 1. The molecule has 0 radical (unpaired) electrons. The smallest absolute Gasteiger partial charge is 0.303 e. The molecular weight excluding hydrogens is 270 g/mol. The maximum Gasteiger partial charge on any atom is 0.303 e. The molecule has 1 amide bonds. The maximum atomic E-state index is 12.1. The topological polar surface area (TPSA) is 77.8 Å². The van der Waals surface area contributed by atoms with Crippen molar-refractivity contribution in [2.45, 2.75) is 38.0 Å². The number of rotatable bonds is 5. The second-order valence-corrected chi connectivity index (χ2v) is 5.52. The van der Waals surface area contributed by atoms with Crippen molar-refractivity contribution in [3.8, 4) is 5.75 Å². The van der Waals surface area contributed by atoms with Crippen molar-refractivity contribution in [2.24, 2.45) is 0 Å². The first-order chi connectivity index (χ1) is 10.1. The Morgan fingerprint density at radius 1 is 1.29 bits per heavy atom. The van der Waals surface area contributed by atoms with E-state index in [2.05, 4.69) is 0 Å². The molecule has 5 heteroatoms. The number of phenolic OH excluding ortho intramolecular Hbond substituents is 1. The largest absolute Gasteiger partial charge is 0.508 e. The molecule has 1 atom stereocenters. The summed E-state index contributed by atoms with van der Waals surface area (Å²) < 4.78 is 0. The highest BCUT2D eigenvalue weighted by molar-refractivity contribution is 5.77. The van der Waals surface area contributed by atoms with Crippen LogP contribution in [0.25, 0.3) is 0 Å². The molecule has 0 spiro atoms. The van der Waals surface area contributed by atoms with E-state index in [0.717, 1.165) is 24.9 Å². The van der Waals surface area contributed by atoms with Gasteiger partial charge in [-0.2, -0.15) is 0 Å². The van der Waals surface area contributed by atoms with Crippen molar-refractivity contribution in [1.29, 1.82) is 0 Å². The number of nitrogens with zero attached hydrogens (tertiary/aromatic N) is 1. The number of hydrogen-bond donors (Lipinski definition) is 2. The van der Waals surface area contributed by atoms with Crippen LogP contribution >= 0.6 is 0 Å². The van der Waals surface area contributed by atoms with Gasteiger partial charge in [-0.3, -0.25) is 9.59 Å². The van der Waals surface area contributed by atoms with Gasteiger partial charge in [0.15, 0.2) is 0 Å². The summed E-state index contributed by atoms with van der Waals surface area (Å²) in [6, 6.07) is 7.19. The average Bonchev–Trinajstić information content (AvgIpc) is 2.47. The quantitative estimate of drug-likeness (QED) is 0.873. The van der Waals surface area contributed by atoms with Crippen LogP contribution in [0.2, 0.25) is 0 Å². The van der Waals surface area contributed by atoms with E-state index < -0.39 is 5.97 Å². The molecule has 0 aromatic heterocycles. The Kier molecular flexibility index (Phi) is 5.20. The Balaban J connectivity index is 1.91. The lowest BCUT2D eigenvalue weighted by Gasteiger charge is -2.33. The predicted molar refractivity (Wildman–Crippen MR) is 78.1 cm³/mol. The van der Waals surface area contributed by atoms with Crippen LogP contribution in [0.3, 0.4) is 0 Å². The summed E-state index contributed by atoms with van der Waals surface area (Å²) in [5, 5.41) is 18.2. The van der Waals surface area contributed by atoms with Gasteiger partial charge in [0.25, 0.3) is 0 Å². The zero-order valence-corrected chi connectivity index (χ0v) is 12.0. The molecule has 1 unspecified atom stereocenters. The van der Waals surface area contributed by atoms with Gasteiger partial charge >= 0.3 is 5.97 Å². The fraction of sp³-hybridized carbons (Fsp3) is 0.500. The molecule has 1 aromatic rings. The fourth-order valence-corrected chi connectivity index (χ4v) is 2.80. The van der Waals surface area contributed by atoms with E-state index in [9.17, 15) is 14.7 Å². The molecule has 114 valence electrons. The Labute approximate surface area is 124 Å². The van der Waals surface area contributed by atoms with Crippen molar-refractivity contribution < 1.29 is 19.8 Å². The molecule has 1 fully saturated rings. The van der Waals surface area contributed by atoms with Crippen LogP contribution in [0.5, 0.6) is 5.75 Å². The van der Waals surface area contributed by atoms with E-state index in [1.165, 1.54) is 0 Å². The lowest BCUT2D eigenvalue weighted by Crippen LogP contribution is -2.39. The molecule has 1 saturated heterocycles. The molecule has 5 nitrogen and oxygen atoms in total. The predicted octanol–water partition coefficient (Wildman–Crippen LogP) is 2.35. The molecule has 0 saturated carbocycles. The normalized spacial score (nSPS) is 18.5. The fourth-order valence-electron chi connectivity index (χ4n) is 2.80. The van der Waals surface area contributed by atoms with Crippen LogP contribution in [0.15, 0.2) is 24.3 Å². The highest BCUT2D eigenvalue weighted by atomic mass is 16.4. The second-order valence-electron chi connectivity index (χ2n) is 5.52. The van der Waals surface area contributed by atoms with Gasteiger partial charge in [-0.25, -0.2) is 0 Å². The van der Waals surface area contributed by atoms with E-state index in [1.54, 1.807) is 12.1 Å². The highest BCUT2D eigenvalue weighted by Crippen LogP contribution is 2.29. The lowest BCUT2D eigenvalue weighted by molar-refractivity contribution is -0.137. The Morgan fingerprint density at radius 3 is 2.81 bits per heavy atom. The summed E-state index contributed by atoms with van der Waals surface area (Å²) in [4.78, 5) is 24.4.